The molecule has 3 rings (SSSR count). The number of aromatic amines is 1. The average molecular weight is 458 g/mol. The molecule has 2 amide bonds. The van der Waals surface area contributed by atoms with Gasteiger partial charge in [0.1, 0.15) is 17.3 Å². The van der Waals surface area contributed by atoms with Crippen molar-refractivity contribution in [2.75, 3.05) is 26.2 Å². The molecule has 3 N–H and O–H groups in total. The van der Waals surface area contributed by atoms with Gasteiger partial charge >= 0.3 is 5.97 Å². The van der Waals surface area contributed by atoms with E-state index in [-0.39, 0.29) is 24.4 Å². The summed E-state index contributed by atoms with van der Waals surface area (Å²) in [5.74, 6) is -1.31. The van der Waals surface area contributed by atoms with Gasteiger partial charge in [0.2, 0.25) is 5.91 Å². The number of rotatable bonds is 7. The first-order valence-electron chi connectivity index (χ1n) is 11.0. The van der Waals surface area contributed by atoms with E-state index >= 15 is 0 Å². The summed E-state index contributed by atoms with van der Waals surface area (Å²) in [6.45, 7) is 7.65. The maximum Gasteiger partial charge on any atom is 0.306 e. The van der Waals surface area contributed by atoms with Gasteiger partial charge in [-0.2, -0.15) is 0 Å². The molecule has 33 heavy (non-hydrogen) atoms. The summed E-state index contributed by atoms with van der Waals surface area (Å²) in [5, 5.41) is 8.66. The average Bonchev–Trinajstić information content (AvgIpc) is 3.18. The number of benzene rings is 1. The fourth-order valence-corrected chi connectivity index (χ4v) is 3.53. The minimum absolute atomic E-state index is 0.0262. The quantitative estimate of drug-likeness (QED) is 0.529. The third kappa shape index (κ3) is 6.79. The lowest BCUT2D eigenvalue weighted by Gasteiger charge is -2.31. The molecule has 1 aliphatic rings. The Kier molecular flexibility index (Phi) is 7.70. The maximum absolute atomic E-state index is 13.1. The van der Waals surface area contributed by atoms with Crippen LogP contribution in [0.1, 0.15) is 44.1 Å². The number of nitrogens with one attached hydrogen (secondary N) is 3. The van der Waals surface area contributed by atoms with Gasteiger partial charge in [0.25, 0.3) is 11.5 Å². The molecule has 1 aliphatic heterocycles. The summed E-state index contributed by atoms with van der Waals surface area (Å²) in [7, 11) is 0. The summed E-state index contributed by atoms with van der Waals surface area (Å²) in [6.07, 6.45) is 0.0641. The maximum atomic E-state index is 13.1. The molecule has 0 spiro atoms. The Hall–Kier alpha value is -3.40. The largest absolute Gasteiger partial charge is 0.460 e. The Balaban J connectivity index is 1.74. The zero-order valence-electron chi connectivity index (χ0n) is 19.2. The van der Waals surface area contributed by atoms with Crippen LogP contribution in [0.2, 0.25) is 0 Å². The van der Waals surface area contributed by atoms with Gasteiger partial charge in [-0.05, 0) is 39.3 Å². The van der Waals surface area contributed by atoms with Crippen LogP contribution in [0.25, 0.3) is 5.69 Å². The van der Waals surface area contributed by atoms with Crippen molar-refractivity contribution in [2.45, 2.75) is 45.3 Å². The SMILES string of the molecule is CC(C)(C)OC(=O)CC[C@H](NC(=O)c1cc(=O)n(-c2ccccc2)[nH]1)C(=O)N1CCNCC1. The standard InChI is InChI=1S/C23H31N5O5/c1-23(2,3)33-20(30)10-9-17(22(32)27-13-11-24-12-14-27)25-21(31)18-15-19(29)28(26-18)16-7-5-4-6-8-16/h4-8,15,17,24,26H,9-14H2,1-3H3,(H,25,31)/t17-/m0/s1. The van der Waals surface area contributed by atoms with Crippen LogP contribution in [0.15, 0.2) is 41.2 Å². The normalized spacial score (nSPS) is 15.1. The molecule has 1 aromatic heterocycles. The first-order valence-corrected chi connectivity index (χ1v) is 11.0. The van der Waals surface area contributed by atoms with Crippen LogP contribution in [0, 0.1) is 0 Å². The van der Waals surface area contributed by atoms with Gasteiger partial charge in [-0.1, -0.05) is 18.2 Å². The Morgan fingerprint density at radius 2 is 1.79 bits per heavy atom. The molecule has 1 atom stereocenters. The van der Waals surface area contributed by atoms with Crippen molar-refractivity contribution >= 4 is 17.8 Å². The van der Waals surface area contributed by atoms with Gasteiger partial charge in [0.15, 0.2) is 0 Å². The number of para-hydroxylation sites is 1. The van der Waals surface area contributed by atoms with Crippen LogP contribution in [-0.2, 0) is 14.3 Å². The van der Waals surface area contributed by atoms with E-state index in [0.717, 1.165) is 0 Å². The molecule has 1 aromatic carbocycles. The Labute approximate surface area is 192 Å². The number of amides is 2. The molecule has 178 valence electrons. The minimum atomic E-state index is -0.924. The van der Waals surface area contributed by atoms with Crippen LogP contribution >= 0.6 is 0 Å². The number of piperazine rings is 1. The van der Waals surface area contributed by atoms with E-state index in [1.54, 1.807) is 49.9 Å². The second kappa shape index (κ2) is 10.5. The number of esters is 1. The molecular weight excluding hydrogens is 426 g/mol. The van der Waals surface area contributed by atoms with E-state index in [4.69, 9.17) is 4.74 Å². The monoisotopic (exact) mass is 457 g/mol. The number of aromatic nitrogens is 2. The van der Waals surface area contributed by atoms with Crippen LogP contribution in [0.5, 0.6) is 0 Å². The molecule has 1 fully saturated rings. The summed E-state index contributed by atoms with van der Waals surface area (Å²) < 4.78 is 6.59. The molecule has 0 saturated carbocycles. The number of H-pyrrole nitrogens is 1. The van der Waals surface area contributed by atoms with Crippen molar-refractivity contribution in [2.24, 2.45) is 0 Å². The number of carbonyl (C=O) groups is 3. The van der Waals surface area contributed by atoms with E-state index in [0.29, 0.717) is 31.9 Å². The van der Waals surface area contributed by atoms with Gasteiger partial charge in [-0.15, -0.1) is 0 Å². The number of ether oxygens (including phenoxy) is 1. The van der Waals surface area contributed by atoms with E-state index in [9.17, 15) is 19.2 Å². The highest BCUT2D eigenvalue weighted by molar-refractivity contribution is 5.96. The molecule has 0 radical (unpaired) electrons. The molecule has 1 saturated heterocycles. The second-order valence-electron chi connectivity index (χ2n) is 8.91. The zero-order chi connectivity index (χ0) is 24.0. The first-order chi connectivity index (χ1) is 15.6. The Bertz CT molecular complexity index is 1030. The van der Waals surface area contributed by atoms with E-state index in [1.165, 1.54) is 10.7 Å². The smallest absolute Gasteiger partial charge is 0.306 e. The number of hydrogen-bond acceptors (Lipinski definition) is 6. The lowest BCUT2D eigenvalue weighted by molar-refractivity contribution is -0.155. The first kappa shape index (κ1) is 24.2. The number of hydrogen-bond donors (Lipinski definition) is 3. The zero-order valence-corrected chi connectivity index (χ0v) is 19.2. The van der Waals surface area contributed by atoms with Crippen molar-refractivity contribution in [3.8, 4) is 5.69 Å². The second-order valence-corrected chi connectivity index (χ2v) is 8.91. The summed E-state index contributed by atoms with van der Waals surface area (Å²) in [4.78, 5) is 52.3. The summed E-state index contributed by atoms with van der Waals surface area (Å²) in [5.41, 5.74) is -0.428. The van der Waals surface area contributed by atoms with E-state index in [2.05, 4.69) is 15.7 Å². The van der Waals surface area contributed by atoms with Crippen molar-refractivity contribution < 1.29 is 19.1 Å². The fraction of sp³-hybridized carbons (Fsp3) is 0.478. The minimum Gasteiger partial charge on any atom is -0.460 e. The predicted molar refractivity (Wildman–Crippen MR) is 122 cm³/mol. The van der Waals surface area contributed by atoms with Gasteiger partial charge in [-0.25, -0.2) is 4.68 Å². The highest BCUT2D eigenvalue weighted by Gasteiger charge is 2.29. The molecule has 10 heteroatoms. The molecule has 0 aliphatic carbocycles. The number of carbonyl (C=O) groups excluding carboxylic acids is 3. The van der Waals surface area contributed by atoms with Gasteiger partial charge in [0.05, 0.1) is 5.69 Å². The molecule has 0 bridgehead atoms. The van der Waals surface area contributed by atoms with Crippen LogP contribution in [-0.4, -0.2) is 70.3 Å². The molecule has 10 nitrogen and oxygen atoms in total. The molecule has 0 unspecified atom stereocenters. The van der Waals surface area contributed by atoms with Crippen molar-refractivity contribution in [3.05, 3.63) is 52.4 Å². The highest BCUT2D eigenvalue weighted by Crippen LogP contribution is 2.12. The van der Waals surface area contributed by atoms with E-state index < -0.39 is 29.1 Å². The lowest BCUT2D eigenvalue weighted by atomic mass is 10.1. The number of nitrogens with zero attached hydrogens (tertiary/aromatic N) is 2. The summed E-state index contributed by atoms with van der Waals surface area (Å²) in [6, 6.07) is 9.10. The van der Waals surface area contributed by atoms with Crippen LogP contribution in [0.4, 0.5) is 0 Å². The van der Waals surface area contributed by atoms with Gasteiger partial charge in [0, 0.05) is 38.7 Å². The Morgan fingerprint density at radius 1 is 1.12 bits per heavy atom. The topological polar surface area (TPSA) is 126 Å². The van der Waals surface area contributed by atoms with Crippen LogP contribution < -0.4 is 16.2 Å². The van der Waals surface area contributed by atoms with Gasteiger partial charge < -0.3 is 20.3 Å². The highest BCUT2D eigenvalue weighted by atomic mass is 16.6. The lowest BCUT2D eigenvalue weighted by Crippen LogP contribution is -2.54. The third-order valence-corrected chi connectivity index (χ3v) is 5.07. The Morgan fingerprint density at radius 3 is 2.42 bits per heavy atom. The van der Waals surface area contributed by atoms with Crippen molar-refractivity contribution in [3.63, 3.8) is 0 Å². The summed E-state index contributed by atoms with van der Waals surface area (Å²) >= 11 is 0. The van der Waals surface area contributed by atoms with Crippen molar-refractivity contribution in [1.29, 1.82) is 0 Å². The predicted octanol–water partition coefficient (Wildman–Crippen LogP) is 0.818. The molecule has 2 aromatic rings. The van der Waals surface area contributed by atoms with Crippen LogP contribution in [0.3, 0.4) is 0 Å². The van der Waals surface area contributed by atoms with Crippen molar-refractivity contribution in [1.82, 2.24) is 25.3 Å². The third-order valence-electron chi connectivity index (χ3n) is 5.07. The van der Waals surface area contributed by atoms with E-state index in [1.807, 2.05) is 6.07 Å². The fourth-order valence-electron chi connectivity index (χ4n) is 3.53. The van der Waals surface area contributed by atoms with Gasteiger partial charge in [-0.3, -0.25) is 24.3 Å². The molecule has 2 heterocycles. The molecular formula is C23H31N5O5.